The van der Waals surface area contributed by atoms with Gasteiger partial charge in [-0.25, -0.2) is 4.79 Å². The predicted molar refractivity (Wildman–Crippen MR) is 111 cm³/mol. The first-order chi connectivity index (χ1) is 14.0. The van der Waals surface area contributed by atoms with Crippen molar-refractivity contribution in [3.8, 4) is 5.75 Å². The highest BCUT2D eigenvalue weighted by molar-refractivity contribution is 5.98. The van der Waals surface area contributed by atoms with Crippen LogP contribution in [0.3, 0.4) is 0 Å². The summed E-state index contributed by atoms with van der Waals surface area (Å²) in [6.45, 7) is 8.87. The smallest absolute Gasteiger partial charge is 0.326 e. The van der Waals surface area contributed by atoms with Gasteiger partial charge in [-0.2, -0.15) is 0 Å². The SMILES string of the molecule is CCCCOc1ccc(C(=O)NCC(=O)O[C@H](C)C(=O)NC(=O)NC(C)(C)C)cc1. The van der Waals surface area contributed by atoms with Crippen LogP contribution in [0.15, 0.2) is 24.3 Å². The van der Waals surface area contributed by atoms with Crippen LogP contribution < -0.4 is 20.7 Å². The van der Waals surface area contributed by atoms with Crippen LogP contribution in [0.4, 0.5) is 4.79 Å². The number of urea groups is 1. The van der Waals surface area contributed by atoms with Gasteiger partial charge in [0, 0.05) is 11.1 Å². The molecule has 0 heterocycles. The largest absolute Gasteiger partial charge is 0.494 e. The molecule has 0 bridgehead atoms. The lowest BCUT2D eigenvalue weighted by Crippen LogP contribution is -2.50. The summed E-state index contributed by atoms with van der Waals surface area (Å²) in [5.41, 5.74) is -0.163. The first-order valence-corrected chi connectivity index (χ1v) is 9.85. The Labute approximate surface area is 176 Å². The first-order valence-electron chi connectivity index (χ1n) is 9.85. The summed E-state index contributed by atoms with van der Waals surface area (Å²) in [6.07, 6.45) is 0.780. The number of carbonyl (C=O) groups excluding carboxylic acids is 4. The number of benzene rings is 1. The van der Waals surface area contributed by atoms with Gasteiger partial charge in [0.25, 0.3) is 11.8 Å². The number of carbonyl (C=O) groups is 4. The van der Waals surface area contributed by atoms with E-state index in [-0.39, 0.29) is 0 Å². The normalized spacial score (nSPS) is 11.8. The maximum atomic E-state index is 12.1. The van der Waals surface area contributed by atoms with Crippen LogP contribution in [0.25, 0.3) is 0 Å². The fraction of sp³-hybridized carbons (Fsp3) is 0.524. The van der Waals surface area contributed by atoms with Crippen LogP contribution >= 0.6 is 0 Å². The number of hydrogen-bond donors (Lipinski definition) is 3. The van der Waals surface area contributed by atoms with E-state index in [2.05, 4.69) is 22.9 Å². The van der Waals surface area contributed by atoms with Crippen molar-refractivity contribution < 1.29 is 28.7 Å². The van der Waals surface area contributed by atoms with E-state index in [0.717, 1.165) is 12.8 Å². The zero-order valence-electron chi connectivity index (χ0n) is 18.2. The molecule has 1 atom stereocenters. The third kappa shape index (κ3) is 9.90. The highest BCUT2D eigenvalue weighted by atomic mass is 16.5. The molecule has 30 heavy (non-hydrogen) atoms. The summed E-state index contributed by atoms with van der Waals surface area (Å²) >= 11 is 0. The van der Waals surface area contributed by atoms with Gasteiger partial charge in [0.05, 0.1) is 6.61 Å². The maximum Gasteiger partial charge on any atom is 0.326 e. The van der Waals surface area contributed by atoms with Crippen molar-refractivity contribution in [3.63, 3.8) is 0 Å². The van der Waals surface area contributed by atoms with Crippen molar-refractivity contribution in [3.05, 3.63) is 29.8 Å². The van der Waals surface area contributed by atoms with Gasteiger partial charge in [-0.15, -0.1) is 0 Å². The van der Waals surface area contributed by atoms with E-state index < -0.39 is 42.0 Å². The molecule has 0 radical (unpaired) electrons. The maximum absolute atomic E-state index is 12.1. The number of unbranched alkanes of at least 4 members (excludes halogenated alkanes) is 1. The summed E-state index contributed by atoms with van der Waals surface area (Å²) in [5, 5.41) is 7.07. The van der Waals surface area contributed by atoms with Gasteiger partial charge in [0.1, 0.15) is 12.3 Å². The van der Waals surface area contributed by atoms with Gasteiger partial charge in [-0.05, 0) is 58.4 Å². The minimum absolute atomic E-state index is 0.357. The summed E-state index contributed by atoms with van der Waals surface area (Å²) in [7, 11) is 0. The van der Waals surface area contributed by atoms with Gasteiger partial charge in [0.2, 0.25) is 0 Å². The Hall–Kier alpha value is -3.10. The minimum Gasteiger partial charge on any atom is -0.494 e. The molecule has 0 aliphatic rings. The zero-order valence-corrected chi connectivity index (χ0v) is 18.2. The Balaban J connectivity index is 2.41. The molecular formula is C21H31N3O6. The van der Waals surface area contributed by atoms with E-state index >= 15 is 0 Å². The van der Waals surface area contributed by atoms with Gasteiger partial charge in [-0.3, -0.25) is 19.7 Å². The summed E-state index contributed by atoms with van der Waals surface area (Å²) in [6, 6.07) is 5.85. The quantitative estimate of drug-likeness (QED) is 0.415. The van der Waals surface area contributed by atoms with E-state index in [4.69, 9.17) is 9.47 Å². The number of esters is 1. The van der Waals surface area contributed by atoms with E-state index in [1.54, 1.807) is 45.0 Å². The van der Waals surface area contributed by atoms with Crippen LogP contribution in [0.5, 0.6) is 5.75 Å². The van der Waals surface area contributed by atoms with E-state index in [1.807, 2.05) is 0 Å². The first kappa shape index (κ1) is 24.9. The minimum atomic E-state index is -1.19. The monoisotopic (exact) mass is 421 g/mol. The van der Waals surface area contributed by atoms with Gasteiger partial charge in [-0.1, -0.05) is 13.3 Å². The molecular weight excluding hydrogens is 390 g/mol. The lowest BCUT2D eigenvalue weighted by molar-refractivity contribution is -0.153. The number of ether oxygens (including phenoxy) is 2. The van der Waals surface area contributed by atoms with Gasteiger partial charge in [0.15, 0.2) is 6.10 Å². The van der Waals surface area contributed by atoms with Crippen LogP contribution in [-0.4, -0.2) is 48.6 Å². The Morgan fingerprint density at radius 3 is 2.27 bits per heavy atom. The lowest BCUT2D eigenvalue weighted by atomic mass is 10.1. The Morgan fingerprint density at radius 2 is 1.70 bits per heavy atom. The summed E-state index contributed by atoms with van der Waals surface area (Å²) in [4.78, 5) is 47.6. The average Bonchev–Trinajstić information content (AvgIpc) is 2.65. The molecule has 9 nitrogen and oxygen atoms in total. The second-order valence-corrected chi connectivity index (χ2v) is 7.73. The molecule has 4 amide bonds. The highest BCUT2D eigenvalue weighted by Crippen LogP contribution is 2.12. The average molecular weight is 421 g/mol. The topological polar surface area (TPSA) is 123 Å². The molecule has 3 N–H and O–H groups in total. The summed E-state index contributed by atoms with van der Waals surface area (Å²) < 4.78 is 10.5. The molecule has 0 saturated heterocycles. The van der Waals surface area contributed by atoms with Crippen molar-refractivity contribution in [2.24, 2.45) is 0 Å². The molecule has 0 fully saturated rings. The molecule has 166 valence electrons. The van der Waals surface area contributed by atoms with Crippen LogP contribution in [0.2, 0.25) is 0 Å². The van der Waals surface area contributed by atoms with Crippen LogP contribution in [0, 0.1) is 0 Å². The van der Waals surface area contributed by atoms with Crippen LogP contribution in [0.1, 0.15) is 57.8 Å². The van der Waals surface area contributed by atoms with Crippen molar-refractivity contribution in [2.75, 3.05) is 13.2 Å². The number of amides is 4. The fourth-order valence-corrected chi connectivity index (χ4v) is 2.17. The lowest BCUT2D eigenvalue weighted by Gasteiger charge is -2.21. The number of imide groups is 1. The van der Waals surface area contributed by atoms with E-state index in [9.17, 15) is 19.2 Å². The Kier molecular flexibility index (Phi) is 9.80. The molecule has 1 rings (SSSR count). The molecule has 0 unspecified atom stereocenters. The highest BCUT2D eigenvalue weighted by Gasteiger charge is 2.22. The molecule has 0 aromatic heterocycles. The van der Waals surface area contributed by atoms with Crippen molar-refractivity contribution in [1.82, 2.24) is 16.0 Å². The second kappa shape index (κ2) is 11.8. The third-order valence-corrected chi connectivity index (χ3v) is 3.68. The van der Waals surface area contributed by atoms with Crippen molar-refractivity contribution >= 4 is 23.8 Å². The fourth-order valence-electron chi connectivity index (χ4n) is 2.17. The van der Waals surface area contributed by atoms with E-state index in [1.165, 1.54) is 6.92 Å². The van der Waals surface area contributed by atoms with Crippen molar-refractivity contribution in [1.29, 1.82) is 0 Å². The third-order valence-electron chi connectivity index (χ3n) is 3.68. The zero-order chi connectivity index (χ0) is 22.7. The molecule has 0 spiro atoms. The predicted octanol–water partition coefficient (Wildman–Crippen LogP) is 2.15. The Bertz CT molecular complexity index is 740. The molecule has 0 aliphatic heterocycles. The molecule has 1 aromatic rings. The number of hydrogen-bond acceptors (Lipinski definition) is 6. The number of nitrogens with one attached hydrogen (secondary N) is 3. The molecule has 0 saturated carbocycles. The van der Waals surface area contributed by atoms with Gasteiger partial charge >= 0.3 is 12.0 Å². The Morgan fingerprint density at radius 1 is 1.07 bits per heavy atom. The van der Waals surface area contributed by atoms with Crippen LogP contribution in [-0.2, 0) is 14.3 Å². The standard InChI is InChI=1S/C21H31N3O6/c1-6-7-12-29-16-10-8-15(9-11-16)19(27)22-13-17(25)30-14(2)18(26)23-20(28)24-21(3,4)5/h8-11,14H,6-7,12-13H2,1-5H3,(H,22,27)(H2,23,24,26,28)/t14-/m1/s1. The molecule has 9 heteroatoms. The van der Waals surface area contributed by atoms with Crippen molar-refractivity contribution in [2.45, 2.75) is 59.1 Å². The summed E-state index contributed by atoms with van der Waals surface area (Å²) in [5.74, 6) is -1.37. The second-order valence-electron chi connectivity index (χ2n) is 7.73. The van der Waals surface area contributed by atoms with Gasteiger partial charge < -0.3 is 20.1 Å². The number of rotatable bonds is 9. The molecule has 0 aliphatic carbocycles. The van der Waals surface area contributed by atoms with E-state index in [0.29, 0.717) is 17.9 Å². The molecule has 1 aromatic carbocycles.